The van der Waals surface area contributed by atoms with Crippen molar-refractivity contribution in [2.45, 2.75) is 43.7 Å². The summed E-state index contributed by atoms with van der Waals surface area (Å²) >= 11 is 9.18. The molecule has 11 heteroatoms. The normalized spacial score (nSPS) is 18.6. The van der Waals surface area contributed by atoms with Crippen LogP contribution in [0.15, 0.2) is 53.4 Å². The molecule has 0 aliphatic carbocycles. The van der Waals surface area contributed by atoms with Gasteiger partial charge in [0.2, 0.25) is 15.9 Å². The van der Waals surface area contributed by atoms with Gasteiger partial charge >= 0.3 is 0 Å². The Kier molecular flexibility index (Phi) is 7.04. The van der Waals surface area contributed by atoms with Crippen LogP contribution in [-0.2, 0) is 27.8 Å². The molecule has 38 heavy (non-hydrogen) atoms. The van der Waals surface area contributed by atoms with E-state index in [2.05, 4.69) is 23.2 Å². The van der Waals surface area contributed by atoms with E-state index in [1.165, 1.54) is 26.9 Å². The number of carbonyl (C=O) groups excluding carboxylic acids is 1. The van der Waals surface area contributed by atoms with E-state index in [1.807, 2.05) is 18.2 Å². The molecule has 1 atom stereocenters. The van der Waals surface area contributed by atoms with Crippen LogP contribution in [0, 0.1) is 0 Å². The van der Waals surface area contributed by atoms with Crippen LogP contribution in [0.1, 0.15) is 30.2 Å². The van der Waals surface area contributed by atoms with E-state index in [1.54, 1.807) is 34.8 Å². The monoisotopic (exact) mass is 586 g/mol. The van der Waals surface area contributed by atoms with Crippen molar-refractivity contribution in [3.63, 3.8) is 0 Å². The fourth-order valence-corrected chi connectivity index (χ4v) is 9.43. The number of hydrogen-bond acceptors (Lipinski definition) is 7. The van der Waals surface area contributed by atoms with Crippen LogP contribution in [0.25, 0.3) is 20.8 Å². The summed E-state index contributed by atoms with van der Waals surface area (Å²) < 4.78 is 29.3. The fourth-order valence-electron chi connectivity index (χ4n) is 5.25. The fraction of sp³-hybridized carbons (Fsp3) is 0.333. The molecular weight excluding hydrogens is 560 g/mol. The number of aromatic nitrogens is 1. The highest BCUT2D eigenvalue weighted by Crippen LogP contribution is 2.46. The molecule has 7 nitrogen and oxygen atoms in total. The van der Waals surface area contributed by atoms with Gasteiger partial charge in [0.1, 0.15) is 16.1 Å². The van der Waals surface area contributed by atoms with Gasteiger partial charge in [-0.1, -0.05) is 30.7 Å². The lowest BCUT2D eigenvalue weighted by molar-refractivity contribution is -0.119. The average Bonchev–Trinajstić information content (AvgIpc) is 3.64. The molecule has 4 aromatic rings. The lowest BCUT2D eigenvalue weighted by Gasteiger charge is -2.25. The van der Waals surface area contributed by atoms with E-state index in [-0.39, 0.29) is 10.8 Å². The SMILES string of the molecule is CCN1CCc2c(sc(NC(=O)C3CCCN3S(=O)(=O)c3ccc(Cl)cc3)c2-c2nc3ccccc3s2)C1. The number of hydrogen-bond donors (Lipinski definition) is 1. The number of fused-ring (bicyclic) bond motifs is 2. The molecule has 0 spiro atoms. The van der Waals surface area contributed by atoms with Crippen molar-refractivity contribution in [2.75, 3.05) is 25.0 Å². The van der Waals surface area contributed by atoms with E-state index in [0.717, 1.165) is 51.8 Å². The van der Waals surface area contributed by atoms with Crippen LogP contribution in [0.4, 0.5) is 5.00 Å². The molecule has 1 amide bonds. The third-order valence-electron chi connectivity index (χ3n) is 7.25. The lowest BCUT2D eigenvalue weighted by Crippen LogP contribution is -2.43. The standard InChI is InChI=1S/C27H27ClN4O3S3/c1-2-31-15-13-19-23(16-31)37-27(24(19)26-29-20-6-3-4-8-22(20)36-26)30-25(33)21-7-5-14-32(21)38(34,35)18-11-9-17(28)10-12-18/h3-4,6,8-12,21H,2,5,7,13-16H2,1H3,(H,30,33). The van der Waals surface area contributed by atoms with Crippen LogP contribution in [-0.4, -0.2) is 54.2 Å². The van der Waals surface area contributed by atoms with Crippen molar-refractivity contribution < 1.29 is 13.2 Å². The van der Waals surface area contributed by atoms with Gasteiger partial charge in [-0.25, -0.2) is 13.4 Å². The molecule has 198 valence electrons. The molecule has 0 radical (unpaired) electrons. The van der Waals surface area contributed by atoms with E-state index < -0.39 is 16.1 Å². The van der Waals surface area contributed by atoms with Gasteiger partial charge in [0.15, 0.2) is 0 Å². The van der Waals surface area contributed by atoms with Gasteiger partial charge in [0.25, 0.3) is 0 Å². The summed E-state index contributed by atoms with van der Waals surface area (Å²) in [5, 5.41) is 5.26. The summed E-state index contributed by atoms with van der Waals surface area (Å²) in [6.45, 7) is 5.23. The first-order valence-electron chi connectivity index (χ1n) is 12.7. The van der Waals surface area contributed by atoms with Crippen molar-refractivity contribution in [1.82, 2.24) is 14.2 Å². The van der Waals surface area contributed by atoms with Gasteiger partial charge < -0.3 is 5.32 Å². The molecule has 2 aliphatic rings. The van der Waals surface area contributed by atoms with Crippen LogP contribution >= 0.6 is 34.3 Å². The van der Waals surface area contributed by atoms with Crippen LogP contribution in [0.3, 0.4) is 0 Å². The van der Waals surface area contributed by atoms with Gasteiger partial charge in [-0.05, 0) is 67.8 Å². The maximum absolute atomic E-state index is 13.7. The van der Waals surface area contributed by atoms with E-state index in [4.69, 9.17) is 16.6 Å². The third kappa shape index (κ3) is 4.67. The summed E-state index contributed by atoms with van der Waals surface area (Å²) in [7, 11) is -3.83. The van der Waals surface area contributed by atoms with Gasteiger partial charge in [-0.2, -0.15) is 4.31 Å². The van der Waals surface area contributed by atoms with E-state index in [0.29, 0.717) is 24.4 Å². The number of nitrogens with one attached hydrogen (secondary N) is 1. The van der Waals surface area contributed by atoms with Crippen LogP contribution in [0.5, 0.6) is 0 Å². The maximum Gasteiger partial charge on any atom is 0.243 e. The third-order valence-corrected chi connectivity index (χ3v) is 11.6. The summed E-state index contributed by atoms with van der Waals surface area (Å²) in [4.78, 5) is 22.4. The van der Waals surface area contributed by atoms with Crippen molar-refractivity contribution in [3.05, 3.63) is 64.0 Å². The largest absolute Gasteiger partial charge is 0.316 e. The predicted octanol–water partition coefficient (Wildman–Crippen LogP) is 5.85. The first-order chi connectivity index (χ1) is 18.3. The van der Waals surface area contributed by atoms with Crippen molar-refractivity contribution in [1.29, 1.82) is 0 Å². The average molecular weight is 587 g/mol. The molecule has 1 saturated heterocycles. The van der Waals surface area contributed by atoms with Crippen molar-refractivity contribution >= 4 is 65.4 Å². The molecule has 2 aromatic carbocycles. The predicted molar refractivity (Wildman–Crippen MR) is 155 cm³/mol. The van der Waals surface area contributed by atoms with Gasteiger partial charge in [0.05, 0.1) is 15.1 Å². The van der Waals surface area contributed by atoms with E-state index >= 15 is 0 Å². The Morgan fingerprint density at radius 2 is 1.92 bits per heavy atom. The smallest absolute Gasteiger partial charge is 0.243 e. The minimum absolute atomic E-state index is 0.142. The molecule has 2 aliphatic heterocycles. The number of thiazole rings is 1. The van der Waals surface area contributed by atoms with Crippen molar-refractivity contribution in [3.8, 4) is 10.6 Å². The number of amides is 1. The highest BCUT2D eigenvalue weighted by Gasteiger charge is 2.40. The Bertz CT molecular complexity index is 1580. The first kappa shape index (κ1) is 25.9. The number of carbonyl (C=O) groups is 1. The quantitative estimate of drug-likeness (QED) is 0.306. The number of rotatable bonds is 6. The summed E-state index contributed by atoms with van der Waals surface area (Å²) in [6.07, 6.45) is 1.99. The summed E-state index contributed by atoms with van der Waals surface area (Å²) in [6, 6.07) is 13.4. The number of para-hydroxylation sites is 1. The number of sulfonamides is 1. The molecule has 1 fully saturated rings. The molecular formula is C27H27ClN4O3S3. The number of anilines is 1. The van der Waals surface area contributed by atoms with Crippen LogP contribution in [0.2, 0.25) is 5.02 Å². The summed E-state index contributed by atoms with van der Waals surface area (Å²) in [5.74, 6) is -0.298. The maximum atomic E-state index is 13.7. The van der Waals surface area contributed by atoms with Gasteiger partial charge in [-0.15, -0.1) is 22.7 Å². The Morgan fingerprint density at radius 3 is 2.68 bits per heavy atom. The second kappa shape index (κ2) is 10.3. The number of halogens is 1. The molecule has 6 rings (SSSR count). The number of likely N-dealkylation sites (N-methyl/N-ethyl adjacent to an activating group) is 1. The lowest BCUT2D eigenvalue weighted by atomic mass is 10.0. The van der Waals surface area contributed by atoms with Crippen LogP contribution < -0.4 is 5.32 Å². The Morgan fingerprint density at radius 1 is 1.13 bits per heavy atom. The minimum atomic E-state index is -3.83. The second-order valence-electron chi connectivity index (χ2n) is 9.53. The molecule has 4 heterocycles. The van der Waals surface area contributed by atoms with Gasteiger partial charge in [0, 0.05) is 35.1 Å². The second-order valence-corrected chi connectivity index (χ2v) is 14.0. The van der Waals surface area contributed by atoms with Gasteiger partial charge in [-0.3, -0.25) is 9.69 Å². The van der Waals surface area contributed by atoms with Crippen molar-refractivity contribution in [2.24, 2.45) is 0 Å². The molecule has 0 bridgehead atoms. The molecule has 1 N–H and O–H groups in total. The molecule has 0 saturated carbocycles. The zero-order valence-electron chi connectivity index (χ0n) is 20.8. The minimum Gasteiger partial charge on any atom is -0.316 e. The zero-order chi connectivity index (χ0) is 26.4. The number of thiophene rings is 1. The molecule has 1 unspecified atom stereocenters. The Labute approximate surface area is 235 Å². The highest BCUT2D eigenvalue weighted by molar-refractivity contribution is 7.89. The Hall–Kier alpha value is -2.34. The zero-order valence-corrected chi connectivity index (χ0v) is 24.0. The number of nitrogens with zero attached hydrogens (tertiary/aromatic N) is 3. The summed E-state index contributed by atoms with van der Waals surface area (Å²) in [5.41, 5.74) is 3.17. The Balaban J connectivity index is 1.34. The molecule has 2 aromatic heterocycles. The van der Waals surface area contributed by atoms with E-state index in [9.17, 15) is 13.2 Å². The topological polar surface area (TPSA) is 82.6 Å². The highest BCUT2D eigenvalue weighted by atomic mass is 35.5. The number of benzene rings is 2. The first-order valence-corrected chi connectivity index (χ1v) is 16.1.